The Bertz CT molecular complexity index is 943. The van der Waals surface area contributed by atoms with Crippen LogP contribution in [0.25, 0.3) is 0 Å². The van der Waals surface area contributed by atoms with Crippen LogP contribution in [0.15, 0.2) is 53.0 Å². The number of benzene rings is 2. The fourth-order valence-electron chi connectivity index (χ4n) is 3.64. The van der Waals surface area contributed by atoms with Gasteiger partial charge in [-0.3, -0.25) is 9.80 Å². The van der Waals surface area contributed by atoms with E-state index in [0.717, 1.165) is 15.7 Å². The van der Waals surface area contributed by atoms with Crippen LogP contribution >= 0.6 is 15.9 Å². The molecule has 4 rings (SSSR count). The highest BCUT2D eigenvalue weighted by atomic mass is 79.9. The number of carbonyl (C=O) groups excluding carboxylic acids is 1. The highest BCUT2D eigenvalue weighted by molar-refractivity contribution is 9.10. The van der Waals surface area contributed by atoms with E-state index in [9.17, 15) is 13.2 Å². The number of urea groups is 1. The number of nitrogens with zero attached hydrogens (tertiary/aromatic N) is 2. The number of carbonyl (C=O) groups is 1. The van der Waals surface area contributed by atoms with E-state index in [0.29, 0.717) is 5.69 Å². The third kappa shape index (κ3) is 2.85. The molecule has 0 saturated carbocycles. The lowest BCUT2D eigenvalue weighted by Crippen LogP contribution is -2.37. The maximum atomic E-state index is 13.2. The van der Waals surface area contributed by atoms with Crippen molar-refractivity contribution in [1.29, 1.82) is 0 Å². The van der Waals surface area contributed by atoms with Gasteiger partial charge in [0.15, 0.2) is 9.84 Å². The molecule has 25 heavy (non-hydrogen) atoms. The molecule has 0 N–H and O–H groups in total. The first-order valence-electron chi connectivity index (χ1n) is 8.01. The van der Waals surface area contributed by atoms with E-state index in [1.807, 2.05) is 55.5 Å². The molecule has 0 aliphatic carbocycles. The minimum Gasteiger partial charge on any atom is -0.288 e. The van der Waals surface area contributed by atoms with E-state index >= 15 is 0 Å². The molecule has 2 aromatic carbocycles. The Morgan fingerprint density at radius 3 is 2.16 bits per heavy atom. The number of amides is 2. The molecule has 2 amide bonds. The summed E-state index contributed by atoms with van der Waals surface area (Å²) in [4.78, 5) is 16.4. The monoisotopic (exact) mass is 420 g/mol. The summed E-state index contributed by atoms with van der Waals surface area (Å²) in [7, 11) is -3.18. The van der Waals surface area contributed by atoms with Gasteiger partial charge in [-0.1, -0.05) is 39.7 Å². The van der Waals surface area contributed by atoms with E-state index in [1.165, 1.54) is 0 Å². The summed E-state index contributed by atoms with van der Waals surface area (Å²) in [5, 5.41) is 0. The van der Waals surface area contributed by atoms with E-state index in [4.69, 9.17) is 0 Å². The molecule has 2 atom stereocenters. The summed E-state index contributed by atoms with van der Waals surface area (Å²) in [6.45, 7) is 1.98. The normalized spacial score (nSPS) is 24.6. The minimum absolute atomic E-state index is 0.00171. The molecular weight excluding hydrogens is 404 g/mol. The summed E-state index contributed by atoms with van der Waals surface area (Å²) in [6.07, 6.45) is 0. The Morgan fingerprint density at radius 1 is 0.960 bits per heavy atom. The van der Waals surface area contributed by atoms with Gasteiger partial charge in [-0.05, 0) is 37.3 Å². The first-order chi connectivity index (χ1) is 11.9. The van der Waals surface area contributed by atoms with Gasteiger partial charge < -0.3 is 0 Å². The maximum absolute atomic E-state index is 13.2. The second-order valence-corrected chi connectivity index (χ2v) is 9.62. The van der Waals surface area contributed by atoms with Crippen molar-refractivity contribution >= 4 is 43.2 Å². The van der Waals surface area contributed by atoms with Gasteiger partial charge in [0, 0.05) is 15.8 Å². The maximum Gasteiger partial charge on any atom is 0.329 e. The fourth-order valence-corrected chi connectivity index (χ4v) is 5.95. The summed E-state index contributed by atoms with van der Waals surface area (Å²) in [5.41, 5.74) is 2.54. The summed E-state index contributed by atoms with van der Waals surface area (Å²) < 4.78 is 25.4. The van der Waals surface area contributed by atoms with Gasteiger partial charge >= 0.3 is 6.03 Å². The molecule has 0 spiro atoms. The van der Waals surface area contributed by atoms with Crippen molar-refractivity contribution in [3.63, 3.8) is 0 Å². The fraction of sp³-hybridized carbons (Fsp3) is 0.278. The number of aryl methyl sites for hydroxylation is 1. The molecule has 2 heterocycles. The van der Waals surface area contributed by atoms with Crippen LogP contribution in [0.1, 0.15) is 5.56 Å². The predicted molar refractivity (Wildman–Crippen MR) is 102 cm³/mol. The average Bonchev–Trinajstić information content (AvgIpc) is 2.97. The Hall–Kier alpha value is -1.86. The molecule has 2 aliphatic heterocycles. The number of halogens is 1. The zero-order valence-electron chi connectivity index (χ0n) is 13.6. The molecule has 0 bridgehead atoms. The van der Waals surface area contributed by atoms with Crippen molar-refractivity contribution in [3.8, 4) is 0 Å². The van der Waals surface area contributed by atoms with Gasteiger partial charge in [0.2, 0.25) is 0 Å². The SMILES string of the molecule is Cc1ccc(N2C(=O)N(c3cccc(Br)c3)C3CS(=O)(=O)CC32)cc1. The second kappa shape index (κ2) is 5.85. The van der Waals surface area contributed by atoms with Crippen LogP contribution in [0, 0.1) is 6.92 Å². The first kappa shape index (κ1) is 16.6. The third-order valence-corrected chi connectivity index (χ3v) is 6.96. The number of anilines is 2. The molecule has 2 aromatic rings. The van der Waals surface area contributed by atoms with Gasteiger partial charge in [0.05, 0.1) is 23.6 Å². The lowest BCUT2D eigenvalue weighted by molar-refractivity contribution is 0.255. The van der Waals surface area contributed by atoms with Gasteiger partial charge in [-0.15, -0.1) is 0 Å². The number of hydrogen-bond donors (Lipinski definition) is 0. The van der Waals surface area contributed by atoms with E-state index in [-0.39, 0.29) is 29.6 Å². The van der Waals surface area contributed by atoms with Crippen molar-refractivity contribution in [2.75, 3.05) is 21.3 Å². The smallest absolute Gasteiger partial charge is 0.288 e. The predicted octanol–water partition coefficient (Wildman–Crippen LogP) is 3.37. The largest absolute Gasteiger partial charge is 0.329 e. The van der Waals surface area contributed by atoms with Crippen LogP contribution in [-0.4, -0.2) is 38.0 Å². The zero-order valence-corrected chi connectivity index (χ0v) is 16.0. The molecule has 2 saturated heterocycles. The molecule has 2 unspecified atom stereocenters. The van der Waals surface area contributed by atoms with Crippen molar-refractivity contribution in [1.82, 2.24) is 0 Å². The summed E-state index contributed by atoms with van der Waals surface area (Å²) in [6, 6.07) is 14.1. The lowest BCUT2D eigenvalue weighted by Gasteiger charge is -2.23. The Labute approximate surface area is 155 Å². The van der Waals surface area contributed by atoms with Gasteiger partial charge in [0.1, 0.15) is 0 Å². The van der Waals surface area contributed by atoms with E-state index < -0.39 is 9.84 Å². The Balaban J connectivity index is 1.81. The molecule has 0 aromatic heterocycles. The molecule has 0 radical (unpaired) electrons. The molecule has 130 valence electrons. The summed E-state index contributed by atoms with van der Waals surface area (Å²) in [5.74, 6) is 0.0000671. The molecule has 2 fully saturated rings. The van der Waals surface area contributed by atoms with Gasteiger partial charge in [-0.25, -0.2) is 13.2 Å². The van der Waals surface area contributed by atoms with Crippen molar-refractivity contribution in [3.05, 3.63) is 58.6 Å². The van der Waals surface area contributed by atoms with Crippen LogP contribution < -0.4 is 9.80 Å². The molecular formula is C18H17BrN2O3S. The van der Waals surface area contributed by atoms with Crippen molar-refractivity contribution < 1.29 is 13.2 Å². The van der Waals surface area contributed by atoms with Crippen LogP contribution in [0.2, 0.25) is 0 Å². The van der Waals surface area contributed by atoms with Crippen LogP contribution in [-0.2, 0) is 9.84 Å². The third-order valence-electron chi connectivity index (χ3n) is 4.77. The number of fused-ring (bicyclic) bond motifs is 1. The van der Waals surface area contributed by atoms with Gasteiger partial charge in [-0.2, -0.15) is 0 Å². The molecule has 2 aliphatic rings. The minimum atomic E-state index is -3.18. The lowest BCUT2D eigenvalue weighted by atomic mass is 10.1. The average molecular weight is 421 g/mol. The molecule has 7 heteroatoms. The van der Waals surface area contributed by atoms with Crippen molar-refractivity contribution in [2.24, 2.45) is 0 Å². The topological polar surface area (TPSA) is 57.7 Å². The summed E-state index contributed by atoms with van der Waals surface area (Å²) >= 11 is 3.42. The number of sulfone groups is 1. The van der Waals surface area contributed by atoms with Crippen LogP contribution in [0.4, 0.5) is 16.2 Å². The van der Waals surface area contributed by atoms with E-state index in [1.54, 1.807) is 9.80 Å². The van der Waals surface area contributed by atoms with E-state index in [2.05, 4.69) is 15.9 Å². The zero-order chi connectivity index (χ0) is 17.8. The highest BCUT2D eigenvalue weighted by Gasteiger charge is 2.54. The first-order valence-corrected chi connectivity index (χ1v) is 10.6. The van der Waals surface area contributed by atoms with Crippen LogP contribution in [0.5, 0.6) is 0 Å². The number of rotatable bonds is 2. The Kier molecular flexibility index (Phi) is 3.88. The second-order valence-electron chi connectivity index (χ2n) is 6.55. The standard InChI is InChI=1S/C18H17BrN2O3S/c1-12-5-7-14(8-6-12)20-16-10-25(23,24)11-17(16)21(18(20)22)15-4-2-3-13(19)9-15/h2-9,16-17H,10-11H2,1H3. The van der Waals surface area contributed by atoms with Crippen LogP contribution in [0.3, 0.4) is 0 Å². The molecule has 5 nitrogen and oxygen atoms in total. The highest BCUT2D eigenvalue weighted by Crippen LogP contribution is 2.38. The Morgan fingerprint density at radius 2 is 1.56 bits per heavy atom. The van der Waals surface area contributed by atoms with Crippen molar-refractivity contribution in [2.45, 2.75) is 19.0 Å². The van der Waals surface area contributed by atoms with Gasteiger partial charge in [0.25, 0.3) is 0 Å². The quantitative estimate of drug-likeness (QED) is 0.699. The number of hydrogen-bond acceptors (Lipinski definition) is 3.